The van der Waals surface area contributed by atoms with E-state index in [1.165, 1.54) is 19.2 Å². The summed E-state index contributed by atoms with van der Waals surface area (Å²) in [6.45, 7) is 5.81. The molecule has 1 aliphatic rings. The normalized spacial score (nSPS) is 15.6. The topological polar surface area (TPSA) is 62.7 Å². The molecule has 1 amide bonds. The average Bonchev–Trinajstić information content (AvgIpc) is 2.80. The highest BCUT2D eigenvalue weighted by Crippen LogP contribution is 2.25. The Balaban J connectivity index is 1.51. The molecule has 2 aromatic carbocycles. The molecule has 0 aliphatic carbocycles. The Morgan fingerprint density at radius 1 is 1.00 bits per heavy atom. The number of methoxy groups -OCH3 is 1. The van der Waals surface area contributed by atoms with Crippen molar-refractivity contribution in [2.45, 2.75) is 19.9 Å². The van der Waals surface area contributed by atoms with Crippen LogP contribution in [0.1, 0.15) is 33.2 Å². The molecule has 0 spiro atoms. The van der Waals surface area contributed by atoms with E-state index in [-0.39, 0.29) is 11.7 Å². The van der Waals surface area contributed by atoms with Gasteiger partial charge in [-0.15, -0.1) is 0 Å². The van der Waals surface area contributed by atoms with E-state index < -0.39 is 12.0 Å². The van der Waals surface area contributed by atoms with Crippen LogP contribution in [0.2, 0.25) is 0 Å². The first-order valence-corrected chi connectivity index (χ1v) is 10.6. The average molecular weight is 435 g/mol. The number of esters is 1. The van der Waals surface area contributed by atoms with Crippen LogP contribution in [-0.4, -0.2) is 59.9 Å². The van der Waals surface area contributed by atoms with Crippen molar-refractivity contribution in [1.82, 2.24) is 14.8 Å². The Hall–Kier alpha value is -3.32. The number of carbonyl (C=O) groups is 2. The third kappa shape index (κ3) is 4.34. The van der Waals surface area contributed by atoms with E-state index in [4.69, 9.17) is 4.74 Å². The molecule has 4 rings (SSSR count). The molecular formula is C25H26FN3O3. The fourth-order valence-corrected chi connectivity index (χ4v) is 4.21. The van der Waals surface area contributed by atoms with Crippen LogP contribution in [-0.2, 0) is 9.53 Å². The maximum Gasteiger partial charge on any atom is 0.327 e. The zero-order valence-electron chi connectivity index (χ0n) is 18.5. The number of amides is 1. The molecule has 32 heavy (non-hydrogen) atoms. The van der Waals surface area contributed by atoms with Crippen LogP contribution in [0.15, 0.2) is 48.5 Å². The number of pyridine rings is 1. The molecule has 1 fully saturated rings. The molecule has 0 radical (unpaired) electrons. The van der Waals surface area contributed by atoms with Crippen molar-refractivity contribution in [2.24, 2.45) is 0 Å². The predicted octanol–water partition coefficient (Wildman–Crippen LogP) is 3.66. The van der Waals surface area contributed by atoms with Crippen LogP contribution >= 0.6 is 0 Å². The van der Waals surface area contributed by atoms with Gasteiger partial charge in [0.05, 0.1) is 23.9 Å². The largest absolute Gasteiger partial charge is 0.468 e. The van der Waals surface area contributed by atoms with Crippen molar-refractivity contribution in [3.63, 3.8) is 0 Å². The fourth-order valence-electron chi connectivity index (χ4n) is 4.21. The minimum atomic E-state index is -0.634. The monoisotopic (exact) mass is 435 g/mol. The zero-order valence-corrected chi connectivity index (χ0v) is 18.5. The third-order valence-corrected chi connectivity index (χ3v) is 5.97. The van der Waals surface area contributed by atoms with Gasteiger partial charge in [0.25, 0.3) is 5.91 Å². The van der Waals surface area contributed by atoms with E-state index in [0.717, 1.165) is 16.5 Å². The lowest BCUT2D eigenvalue weighted by Crippen LogP contribution is -2.51. The van der Waals surface area contributed by atoms with Gasteiger partial charge in [0.2, 0.25) is 0 Å². The molecule has 1 aliphatic heterocycles. The molecule has 7 heteroatoms. The smallest absolute Gasteiger partial charge is 0.327 e. The first-order chi connectivity index (χ1) is 15.4. The van der Waals surface area contributed by atoms with E-state index in [0.29, 0.717) is 43.0 Å². The number of rotatable bonds is 4. The van der Waals surface area contributed by atoms with Gasteiger partial charge in [-0.1, -0.05) is 23.8 Å². The summed E-state index contributed by atoms with van der Waals surface area (Å²) in [6, 6.07) is 13.1. The SMILES string of the molecule is COC(=O)[C@@H](c1ccc(F)cc1)N1CCN(C(=O)c2cc3cc(C)ccc3nc2C)CC1. The first-order valence-electron chi connectivity index (χ1n) is 10.6. The lowest BCUT2D eigenvalue weighted by atomic mass is 10.0. The number of piperazine rings is 1. The van der Waals surface area contributed by atoms with Crippen LogP contribution in [0.4, 0.5) is 4.39 Å². The minimum absolute atomic E-state index is 0.0607. The summed E-state index contributed by atoms with van der Waals surface area (Å²) in [5.41, 5.74) is 3.95. The molecule has 3 aromatic rings. The summed E-state index contributed by atoms with van der Waals surface area (Å²) in [5.74, 6) is -0.821. The highest BCUT2D eigenvalue weighted by Gasteiger charge is 2.33. The molecule has 0 unspecified atom stereocenters. The molecule has 1 saturated heterocycles. The van der Waals surface area contributed by atoms with Gasteiger partial charge in [0.15, 0.2) is 0 Å². The Kier molecular flexibility index (Phi) is 6.19. The fraction of sp³-hybridized carbons (Fsp3) is 0.320. The molecule has 166 valence electrons. The molecule has 1 atom stereocenters. The second-order valence-electron chi connectivity index (χ2n) is 8.12. The van der Waals surface area contributed by atoms with Gasteiger partial charge in [-0.05, 0) is 49.7 Å². The molecular weight excluding hydrogens is 409 g/mol. The quantitative estimate of drug-likeness (QED) is 0.586. The van der Waals surface area contributed by atoms with Gasteiger partial charge in [0, 0.05) is 31.6 Å². The zero-order chi connectivity index (χ0) is 22.8. The number of hydrogen-bond acceptors (Lipinski definition) is 5. The number of halogens is 1. The van der Waals surface area contributed by atoms with Crippen molar-refractivity contribution in [3.05, 3.63) is 76.7 Å². The molecule has 0 bridgehead atoms. The van der Waals surface area contributed by atoms with Gasteiger partial charge in [-0.25, -0.2) is 9.18 Å². The number of hydrogen-bond donors (Lipinski definition) is 0. The van der Waals surface area contributed by atoms with E-state index >= 15 is 0 Å². The second-order valence-corrected chi connectivity index (χ2v) is 8.12. The summed E-state index contributed by atoms with van der Waals surface area (Å²) in [4.78, 5) is 34.1. The van der Waals surface area contributed by atoms with E-state index in [1.807, 2.05) is 43.0 Å². The van der Waals surface area contributed by atoms with Gasteiger partial charge in [-0.3, -0.25) is 14.7 Å². The van der Waals surface area contributed by atoms with Crippen molar-refractivity contribution >= 4 is 22.8 Å². The lowest BCUT2D eigenvalue weighted by Gasteiger charge is -2.38. The Morgan fingerprint density at radius 3 is 2.34 bits per heavy atom. The maximum absolute atomic E-state index is 13.3. The molecule has 6 nitrogen and oxygen atoms in total. The van der Waals surface area contributed by atoms with Crippen LogP contribution in [0.25, 0.3) is 10.9 Å². The predicted molar refractivity (Wildman–Crippen MR) is 120 cm³/mol. The molecule has 1 aromatic heterocycles. The Labute approximate surface area is 186 Å². The third-order valence-electron chi connectivity index (χ3n) is 5.97. The Bertz CT molecular complexity index is 1160. The highest BCUT2D eigenvalue weighted by atomic mass is 19.1. The van der Waals surface area contributed by atoms with Crippen molar-refractivity contribution in [3.8, 4) is 0 Å². The maximum atomic E-state index is 13.3. The minimum Gasteiger partial charge on any atom is -0.468 e. The number of ether oxygens (including phenoxy) is 1. The van der Waals surface area contributed by atoms with Crippen LogP contribution < -0.4 is 0 Å². The standard InChI is InChI=1S/C25H26FN3O3/c1-16-4-9-22-19(14-16)15-21(17(2)27-22)24(30)29-12-10-28(11-13-29)23(25(31)32-3)18-5-7-20(26)8-6-18/h4-9,14-15,23H,10-13H2,1-3H3/t23-/m1/s1. The first kappa shape index (κ1) is 21.9. The molecule has 2 heterocycles. The van der Waals surface area contributed by atoms with Crippen LogP contribution in [0, 0.1) is 19.7 Å². The van der Waals surface area contributed by atoms with Crippen molar-refractivity contribution < 1.29 is 18.7 Å². The van der Waals surface area contributed by atoms with Crippen LogP contribution in [0.5, 0.6) is 0 Å². The van der Waals surface area contributed by atoms with Crippen molar-refractivity contribution in [1.29, 1.82) is 0 Å². The molecule has 0 saturated carbocycles. The number of aryl methyl sites for hydroxylation is 2. The number of nitrogens with zero attached hydrogens (tertiary/aromatic N) is 3. The lowest BCUT2D eigenvalue weighted by molar-refractivity contribution is -0.148. The number of fused-ring (bicyclic) bond motifs is 1. The summed E-state index contributed by atoms with van der Waals surface area (Å²) in [6.07, 6.45) is 0. The number of aromatic nitrogens is 1. The highest BCUT2D eigenvalue weighted by molar-refractivity contribution is 5.98. The van der Waals surface area contributed by atoms with Gasteiger partial charge < -0.3 is 9.64 Å². The summed E-state index contributed by atoms with van der Waals surface area (Å²) < 4.78 is 18.3. The number of benzene rings is 2. The second kappa shape index (κ2) is 9.04. The van der Waals surface area contributed by atoms with E-state index in [1.54, 1.807) is 17.0 Å². The van der Waals surface area contributed by atoms with Gasteiger partial charge in [-0.2, -0.15) is 0 Å². The van der Waals surface area contributed by atoms with E-state index in [9.17, 15) is 14.0 Å². The van der Waals surface area contributed by atoms with Crippen LogP contribution in [0.3, 0.4) is 0 Å². The van der Waals surface area contributed by atoms with Gasteiger partial charge in [0.1, 0.15) is 11.9 Å². The number of carbonyl (C=O) groups excluding carboxylic acids is 2. The van der Waals surface area contributed by atoms with Gasteiger partial charge >= 0.3 is 5.97 Å². The Morgan fingerprint density at radius 2 is 1.69 bits per heavy atom. The summed E-state index contributed by atoms with van der Waals surface area (Å²) in [5, 5.41) is 0.944. The van der Waals surface area contributed by atoms with E-state index in [2.05, 4.69) is 4.98 Å². The summed E-state index contributed by atoms with van der Waals surface area (Å²) >= 11 is 0. The summed E-state index contributed by atoms with van der Waals surface area (Å²) in [7, 11) is 1.34. The van der Waals surface area contributed by atoms with Crippen molar-refractivity contribution in [2.75, 3.05) is 33.3 Å². The molecule has 0 N–H and O–H groups in total.